The van der Waals surface area contributed by atoms with Crippen LogP contribution in [0.1, 0.15) is 11.5 Å². The number of amides is 2. The molecule has 7 nitrogen and oxygen atoms in total. The van der Waals surface area contributed by atoms with Crippen LogP contribution in [-0.2, 0) is 16.6 Å². The zero-order valence-corrected chi connectivity index (χ0v) is 14.5. The highest BCUT2D eigenvalue weighted by Crippen LogP contribution is 2.29. The Bertz CT molecular complexity index is 743. The maximum Gasteiger partial charge on any atom is 0.243 e. The summed E-state index contributed by atoms with van der Waals surface area (Å²) < 4.78 is 1.74. The van der Waals surface area contributed by atoms with Gasteiger partial charge in [-0.15, -0.1) is 0 Å². The van der Waals surface area contributed by atoms with Crippen molar-refractivity contribution in [2.75, 3.05) is 32.0 Å². The van der Waals surface area contributed by atoms with E-state index in [1.165, 1.54) is 4.90 Å². The van der Waals surface area contributed by atoms with E-state index in [1.54, 1.807) is 17.9 Å². The van der Waals surface area contributed by atoms with Gasteiger partial charge in [0.2, 0.25) is 11.8 Å². The molecule has 1 aliphatic rings. The summed E-state index contributed by atoms with van der Waals surface area (Å²) in [5.41, 5.74) is 1.78. The Morgan fingerprint density at radius 2 is 2.08 bits per heavy atom. The molecular formula is C18H23N5O2. The van der Waals surface area contributed by atoms with Crippen molar-refractivity contribution in [2.45, 2.75) is 5.92 Å². The SMILES string of the molecule is CN(CC(=O)Nc1ccccc1)C(=O)[C@H]1CNC[C@@H]1c1cnn(C)c1. The molecule has 0 saturated carbocycles. The average Bonchev–Trinajstić information content (AvgIpc) is 3.23. The molecule has 2 aromatic rings. The summed E-state index contributed by atoms with van der Waals surface area (Å²) in [5, 5.41) is 10.3. The number of benzene rings is 1. The second kappa shape index (κ2) is 7.48. The van der Waals surface area contributed by atoms with E-state index in [-0.39, 0.29) is 30.2 Å². The lowest BCUT2D eigenvalue weighted by molar-refractivity contribution is -0.136. The van der Waals surface area contributed by atoms with Gasteiger partial charge >= 0.3 is 0 Å². The highest BCUT2D eigenvalue weighted by molar-refractivity contribution is 5.94. The van der Waals surface area contributed by atoms with Crippen molar-refractivity contribution in [1.82, 2.24) is 20.0 Å². The Morgan fingerprint density at radius 1 is 1.32 bits per heavy atom. The van der Waals surface area contributed by atoms with Crippen LogP contribution in [0.2, 0.25) is 0 Å². The summed E-state index contributed by atoms with van der Waals surface area (Å²) in [6.45, 7) is 1.39. The molecule has 1 fully saturated rings. The monoisotopic (exact) mass is 341 g/mol. The topological polar surface area (TPSA) is 79.3 Å². The molecule has 1 saturated heterocycles. The third-order valence-corrected chi connectivity index (χ3v) is 4.50. The Hall–Kier alpha value is -2.67. The molecule has 3 rings (SSSR count). The van der Waals surface area contributed by atoms with E-state index in [0.717, 1.165) is 17.8 Å². The first-order valence-electron chi connectivity index (χ1n) is 8.33. The first kappa shape index (κ1) is 17.2. The van der Waals surface area contributed by atoms with Gasteiger partial charge in [-0.3, -0.25) is 14.3 Å². The van der Waals surface area contributed by atoms with Crippen LogP contribution in [0.3, 0.4) is 0 Å². The van der Waals surface area contributed by atoms with Crippen molar-refractivity contribution in [2.24, 2.45) is 13.0 Å². The van der Waals surface area contributed by atoms with Gasteiger partial charge in [-0.05, 0) is 17.7 Å². The maximum absolute atomic E-state index is 12.8. The molecule has 0 bridgehead atoms. The predicted octanol–water partition coefficient (Wildman–Crippen LogP) is 0.820. The smallest absolute Gasteiger partial charge is 0.243 e. The van der Waals surface area contributed by atoms with Crippen LogP contribution in [0, 0.1) is 5.92 Å². The van der Waals surface area contributed by atoms with Crippen LogP contribution in [0.5, 0.6) is 0 Å². The van der Waals surface area contributed by atoms with Gasteiger partial charge < -0.3 is 15.5 Å². The molecule has 2 atom stereocenters. The van der Waals surface area contributed by atoms with Crippen LogP contribution >= 0.6 is 0 Å². The lowest BCUT2D eigenvalue weighted by Crippen LogP contribution is -2.40. The summed E-state index contributed by atoms with van der Waals surface area (Å²) in [4.78, 5) is 26.5. The lowest BCUT2D eigenvalue weighted by Gasteiger charge is -2.23. The van der Waals surface area contributed by atoms with Gasteiger partial charge in [-0.1, -0.05) is 18.2 Å². The molecule has 132 valence electrons. The second-order valence-corrected chi connectivity index (χ2v) is 6.43. The molecule has 0 unspecified atom stereocenters. The molecule has 2 N–H and O–H groups in total. The van der Waals surface area contributed by atoms with Crippen molar-refractivity contribution in [3.05, 3.63) is 48.3 Å². The summed E-state index contributed by atoms with van der Waals surface area (Å²) >= 11 is 0. The zero-order valence-electron chi connectivity index (χ0n) is 14.5. The van der Waals surface area contributed by atoms with Gasteiger partial charge in [0.05, 0.1) is 18.7 Å². The van der Waals surface area contributed by atoms with Crippen molar-refractivity contribution in [3.8, 4) is 0 Å². The lowest BCUT2D eigenvalue weighted by atomic mass is 9.90. The molecule has 1 aliphatic heterocycles. The average molecular weight is 341 g/mol. The number of aromatic nitrogens is 2. The molecule has 25 heavy (non-hydrogen) atoms. The summed E-state index contributed by atoms with van der Waals surface area (Å²) in [7, 11) is 3.54. The van der Waals surface area contributed by atoms with Gasteiger partial charge in [0.15, 0.2) is 0 Å². The number of hydrogen-bond donors (Lipinski definition) is 2. The van der Waals surface area contributed by atoms with E-state index in [4.69, 9.17) is 0 Å². The number of carbonyl (C=O) groups is 2. The highest BCUT2D eigenvalue weighted by atomic mass is 16.2. The number of rotatable bonds is 5. The predicted molar refractivity (Wildman–Crippen MR) is 95.0 cm³/mol. The number of para-hydroxylation sites is 1. The number of nitrogens with zero attached hydrogens (tertiary/aromatic N) is 3. The zero-order chi connectivity index (χ0) is 17.8. The van der Waals surface area contributed by atoms with E-state index >= 15 is 0 Å². The molecule has 7 heteroatoms. The largest absolute Gasteiger partial charge is 0.336 e. The van der Waals surface area contributed by atoms with Crippen molar-refractivity contribution in [3.63, 3.8) is 0 Å². The van der Waals surface area contributed by atoms with E-state index in [0.29, 0.717) is 6.54 Å². The minimum Gasteiger partial charge on any atom is -0.336 e. The summed E-state index contributed by atoms with van der Waals surface area (Å²) in [6.07, 6.45) is 3.75. The van der Waals surface area contributed by atoms with Crippen molar-refractivity contribution in [1.29, 1.82) is 0 Å². The molecular weight excluding hydrogens is 318 g/mol. The quantitative estimate of drug-likeness (QED) is 0.844. The first-order valence-corrected chi connectivity index (χ1v) is 8.33. The fourth-order valence-corrected chi connectivity index (χ4v) is 3.22. The molecule has 1 aromatic carbocycles. The Balaban J connectivity index is 1.60. The highest BCUT2D eigenvalue weighted by Gasteiger charge is 2.36. The van der Waals surface area contributed by atoms with Gasteiger partial charge in [0, 0.05) is 45.0 Å². The number of hydrogen-bond acceptors (Lipinski definition) is 4. The Kier molecular flexibility index (Phi) is 5.14. The van der Waals surface area contributed by atoms with Crippen LogP contribution in [0.4, 0.5) is 5.69 Å². The molecule has 0 radical (unpaired) electrons. The number of nitrogens with one attached hydrogen (secondary N) is 2. The fourth-order valence-electron chi connectivity index (χ4n) is 3.22. The van der Waals surface area contributed by atoms with E-state index < -0.39 is 0 Å². The maximum atomic E-state index is 12.8. The van der Waals surface area contributed by atoms with Gasteiger partial charge in [0.25, 0.3) is 0 Å². The molecule has 0 aliphatic carbocycles. The van der Waals surface area contributed by atoms with E-state index in [9.17, 15) is 9.59 Å². The summed E-state index contributed by atoms with van der Waals surface area (Å²) in [5.74, 6) is -0.326. The van der Waals surface area contributed by atoms with E-state index in [1.807, 2.05) is 43.6 Å². The third kappa shape index (κ3) is 4.06. The minimum atomic E-state index is -0.203. The van der Waals surface area contributed by atoms with Gasteiger partial charge in [-0.25, -0.2) is 0 Å². The molecule has 2 heterocycles. The normalized spacial score (nSPS) is 19.6. The summed E-state index contributed by atoms with van der Waals surface area (Å²) in [6, 6.07) is 9.23. The van der Waals surface area contributed by atoms with Crippen LogP contribution < -0.4 is 10.6 Å². The van der Waals surface area contributed by atoms with Crippen LogP contribution in [0.25, 0.3) is 0 Å². The van der Waals surface area contributed by atoms with Gasteiger partial charge in [0.1, 0.15) is 0 Å². The van der Waals surface area contributed by atoms with Crippen molar-refractivity contribution < 1.29 is 9.59 Å². The molecule has 1 aromatic heterocycles. The standard InChI is InChI=1S/C18H23N5O2/c1-22(12-17(24)21-14-6-4-3-5-7-14)18(25)16-10-19-9-15(16)13-8-20-23(2)11-13/h3-8,11,15-16,19H,9-10,12H2,1-2H3,(H,21,24)/t15-,16+/m1/s1. The van der Waals surface area contributed by atoms with Gasteiger partial charge in [-0.2, -0.15) is 5.10 Å². The van der Waals surface area contributed by atoms with E-state index in [2.05, 4.69) is 15.7 Å². The minimum absolute atomic E-state index is 0.0259. The Labute approximate surface area is 147 Å². The third-order valence-electron chi connectivity index (χ3n) is 4.50. The van der Waals surface area contributed by atoms with Crippen molar-refractivity contribution >= 4 is 17.5 Å². The van der Waals surface area contributed by atoms with Crippen LogP contribution in [-0.4, -0.2) is 53.2 Å². The fraction of sp³-hybridized carbons (Fsp3) is 0.389. The second-order valence-electron chi connectivity index (χ2n) is 6.43. The number of carbonyl (C=O) groups excluding carboxylic acids is 2. The Morgan fingerprint density at radius 3 is 2.76 bits per heavy atom. The number of anilines is 1. The first-order chi connectivity index (χ1) is 12.0. The number of aryl methyl sites for hydroxylation is 1. The molecule has 0 spiro atoms. The number of likely N-dealkylation sites (N-methyl/N-ethyl adjacent to an activating group) is 1. The molecule has 2 amide bonds. The van der Waals surface area contributed by atoms with Crippen LogP contribution in [0.15, 0.2) is 42.7 Å².